The molecule has 0 aliphatic heterocycles. The molecule has 4 nitrogen and oxygen atoms in total. The van der Waals surface area contributed by atoms with Crippen molar-refractivity contribution < 1.29 is 9.53 Å². The molecule has 0 radical (unpaired) electrons. The van der Waals surface area contributed by atoms with Crippen molar-refractivity contribution in [3.63, 3.8) is 0 Å². The van der Waals surface area contributed by atoms with E-state index in [0.29, 0.717) is 19.1 Å². The molecule has 27 heavy (non-hydrogen) atoms. The standard InChI is InChI=1S/C23H24N2O2/c1-3-27-18-12-8-16(9-13-18)15-25(2)23(26)20-14-22(17-10-11-17)24-21-7-5-4-6-19(20)21/h4-9,12-14,17H,3,10-11,15H2,1-2H3. The van der Waals surface area contributed by atoms with E-state index in [4.69, 9.17) is 9.72 Å². The second kappa shape index (κ2) is 7.39. The molecule has 3 aromatic rings. The lowest BCUT2D eigenvalue weighted by Gasteiger charge is -2.19. The minimum absolute atomic E-state index is 0.0318. The van der Waals surface area contributed by atoms with Gasteiger partial charge in [-0.15, -0.1) is 0 Å². The fraction of sp³-hybridized carbons (Fsp3) is 0.304. The third-order valence-electron chi connectivity index (χ3n) is 4.96. The van der Waals surface area contributed by atoms with Crippen molar-refractivity contribution in [1.29, 1.82) is 0 Å². The smallest absolute Gasteiger partial charge is 0.254 e. The van der Waals surface area contributed by atoms with E-state index in [1.54, 1.807) is 4.90 Å². The molecule has 1 aromatic heterocycles. The monoisotopic (exact) mass is 360 g/mol. The Labute approximate surface area is 159 Å². The average Bonchev–Trinajstić information content (AvgIpc) is 3.53. The molecule has 4 heteroatoms. The van der Waals surface area contributed by atoms with Gasteiger partial charge in [-0.25, -0.2) is 0 Å². The van der Waals surface area contributed by atoms with Gasteiger partial charge in [-0.3, -0.25) is 9.78 Å². The highest BCUT2D eigenvalue weighted by Crippen LogP contribution is 2.40. The van der Waals surface area contributed by atoms with E-state index in [1.165, 1.54) is 12.8 Å². The van der Waals surface area contributed by atoms with E-state index in [0.717, 1.165) is 33.5 Å². The molecule has 1 aliphatic carbocycles. The van der Waals surface area contributed by atoms with Crippen LogP contribution in [-0.2, 0) is 6.54 Å². The molecule has 138 valence electrons. The number of carbonyl (C=O) groups is 1. The Bertz CT molecular complexity index is 962. The summed E-state index contributed by atoms with van der Waals surface area (Å²) in [6, 6.07) is 17.8. The molecule has 1 saturated carbocycles. The summed E-state index contributed by atoms with van der Waals surface area (Å²) in [5.41, 5.74) is 3.78. The zero-order valence-corrected chi connectivity index (χ0v) is 15.8. The molecular formula is C23H24N2O2. The predicted molar refractivity (Wildman–Crippen MR) is 107 cm³/mol. The number of amides is 1. The summed E-state index contributed by atoms with van der Waals surface area (Å²) in [5.74, 6) is 1.39. The Morgan fingerprint density at radius 3 is 2.59 bits per heavy atom. The third kappa shape index (κ3) is 3.80. The van der Waals surface area contributed by atoms with E-state index >= 15 is 0 Å². The highest BCUT2D eigenvalue weighted by atomic mass is 16.5. The van der Waals surface area contributed by atoms with Gasteiger partial charge in [-0.2, -0.15) is 0 Å². The highest BCUT2D eigenvalue weighted by molar-refractivity contribution is 6.06. The van der Waals surface area contributed by atoms with Gasteiger partial charge in [0.05, 0.1) is 17.7 Å². The third-order valence-corrected chi connectivity index (χ3v) is 4.96. The summed E-state index contributed by atoms with van der Waals surface area (Å²) in [5, 5.41) is 0.922. The summed E-state index contributed by atoms with van der Waals surface area (Å²) in [7, 11) is 1.85. The van der Waals surface area contributed by atoms with Crippen LogP contribution in [-0.4, -0.2) is 29.4 Å². The Morgan fingerprint density at radius 1 is 1.15 bits per heavy atom. The summed E-state index contributed by atoms with van der Waals surface area (Å²) in [6.45, 7) is 3.17. The number of rotatable bonds is 6. The zero-order valence-electron chi connectivity index (χ0n) is 15.8. The first-order valence-corrected chi connectivity index (χ1v) is 9.52. The maximum atomic E-state index is 13.2. The van der Waals surface area contributed by atoms with Crippen LogP contribution in [0.25, 0.3) is 10.9 Å². The number of pyridine rings is 1. The largest absolute Gasteiger partial charge is 0.494 e. The molecule has 0 unspecified atom stereocenters. The zero-order chi connectivity index (χ0) is 18.8. The number of fused-ring (bicyclic) bond motifs is 1. The number of para-hydroxylation sites is 1. The Morgan fingerprint density at radius 2 is 1.89 bits per heavy atom. The SMILES string of the molecule is CCOc1ccc(CN(C)C(=O)c2cc(C3CC3)nc3ccccc23)cc1. The minimum Gasteiger partial charge on any atom is -0.494 e. The number of benzene rings is 2. The van der Waals surface area contributed by atoms with Gasteiger partial charge in [0.25, 0.3) is 5.91 Å². The van der Waals surface area contributed by atoms with Crippen LogP contribution in [0.2, 0.25) is 0 Å². The second-order valence-corrected chi connectivity index (χ2v) is 7.12. The molecule has 2 aromatic carbocycles. The highest BCUT2D eigenvalue weighted by Gasteiger charge is 2.27. The first-order valence-electron chi connectivity index (χ1n) is 9.52. The summed E-state index contributed by atoms with van der Waals surface area (Å²) >= 11 is 0. The number of hydrogen-bond donors (Lipinski definition) is 0. The number of nitrogens with zero attached hydrogens (tertiary/aromatic N) is 2. The average molecular weight is 360 g/mol. The van der Waals surface area contributed by atoms with E-state index in [-0.39, 0.29) is 5.91 Å². The number of aromatic nitrogens is 1. The lowest BCUT2D eigenvalue weighted by molar-refractivity contribution is 0.0787. The molecule has 0 spiro atoms. The van der Waals surface area contributed by atoms with Crippen LogP contribution in [0.5, 0.6) is 5.75 Å². The van der Waals surface area contributed by atoms with Gasteiger partial charge < -0.3 is 9.64 Å². The van der Waals surface area contributed by atoms with E-state index in [2.05, 4.69) is 0 Å². The van der Waals surface area contributed by atoms with Crippen LogP contribution in [0.1, 0.15) is 47.3 Å². The molecule has 1 amide bonds. The van der Waals surface area contributed by atoms with Crippen LogP contribution in [0.3, 0.4) is 0 Å². The van der Waals surface area contributed by atoms with Crippen molar-refractivity contribution in [1.82, 2.24) is 9.88 Å². The van der Waals surface area contributed by atoms with Gasteiger partial charge in [0.2, 0.25) is 0 Å². The summed E-state index contributed by atoms with van der Waals surface area (Å²) in [6.07, 6.45) is 2.34. The van der Waals surface area contributed by atoms with Gasteiger partial charge in [0.15, 0.2) is 0 Å². The van der Waals surface area contributed by atoms with E-state index in [9.17, 15) is 4.79 Å². The molecule has 1 aliphatic rings. The van der Waals surface area contributed by atoms with Crippen molar-refractivity contribution in [2.75, 3.05) is 13.7 Å². The molecular weight excluding hydrogens is 336 g/mol. The van der Waals surface area contributed by atoms with Crippen LogP contribution >= 0.6 is 0 Å². The topological polar surface area (TPSA) is 42.4 Å². The molecule has 0 N–H and O–H groups in total. The maximum absolute atomic E-state index is 13.2. The summed E-state index contributed by atoms with van der Waals surface area (Å²) in [4.78, 5) is 19.7. The maximum Gasteiger partial charge on any atom is 0.254 e. The van der Waals surface area contributed by atoms with Crippen molar-refractivity contribution in [3.8, 4) is 5.75 Å². The Hall–Kier alpha value is -2.88. The first-order chi connectivity index (χ1) is 13.2. The fourth-order valence-corrected chi connectivity index (χ4v) is 3.37. The van der Waals surface area contributed by atoms with Gasteiger partial charge in [-0.05, 0) is 49.6 Å². The van der Waals surface area contributed by atoms with Crippen LogP contribution in [0.15, 0.2) is 54.6 Å². The number of carbonyl (C=O) groups excluding carboxylic acids is 1. The van der Waals surface area contributed by atoms with E-state index in [1.807, 2.05) is 68.6 Å². The van der Waals surface area contributed by atoms with Gasteiger partial charge in [-0.1, -0.05) is 30.3 Å². The normalized spacial score (nSPS) is 13.6. The van der Waals surface area contributed by atoms with Gasteiger partial charge in [0, 0.05) is 30.6 Å². The van der Waals surface area contributed by atoms with Crippen molar-refractivity contribution in [3.05, 3.63) is 71.4 Å². The van der Waals surface area contributed by atoms with Gasteiger partial charge >= 0.3 is 0 Å². The van der Waals surface area contributed by atoms with Crippen LogP contribution in [0, 0.1) is 0 Å². The molecule has 0 saturated heterocycles. The van der Waals surface area contributed by atoms with E-state index < -0.39 is 0 Å². The number of ether oxygens (including phenoxy) is 1. The van der Waals surface area contributed by atoms with Crippen LogP contribution in [0.4, 0.5) is 0 Å². The number of hydrogen-bond acceptors (Lipinski definition) is 3. The quantitative estimate of drug-likeness (QED) is 0.635. The van der Waals surface area contributed by atoms with Gasteiger partial charge in [0.1, 0.15) is 5.75 Å². The van der Waals surface area contributed by atoms with Crippen molar-refractivity contribution in [2.45, 2.75) is 32.2 Å². The Balaban J connectivity index is 1.59. The predicted octanol–water partition coefficient (Wildman–Crippen LogP) is 4.78. The molecule has 0 atom stereocenters. The first kappa shape index (κ1) is 17.5. The fourth-order valence-electron chi connectivity index (χ4n) is 3.37. The minimum atomic E-state index is 0.0318. The molecule has 1 heterocycles. The van der Waals surface area contributed by atoms with Crippen LogP contribution < -0.4 is 4.74 Å². The molecule has 0 bridgehead atoms. The Kier molecular flexibility index (Phi) is 4.80. The second-order valence-electron chi connectivity index (χ2n) is 7.12. The lowest BCUT2D eigenvalue weighted by atomic mass is 10.0. The van der Waals surface area contributed by atoms with Crippen molar-refractivity contribution in [2.24, 2.45) is 0 Å². The molecule has 4 rings (SSSR count). The summed E-state index contributed by atoms with van der Waals surface area (Å²) < 4.78 is 5.48. The van der Waals surface area contributed by atoms with Crippen molar-refractivity contribution >= 4 is 16.8 Å². The lowest BCUT2D eigenvalue weighted by Crippen LogP contribution is -2.26. The molecule has 1 fully saturated rings.